The minimum Gasteiger partial charge on any atom is -0.507 e. The second kappa shape index (κ2) is 10.7. The monoisotopic (exact) mass is 433 g/mol. The van der Waals surface area contributed by atoms with Crippen molar-refractivity contribution in [2.24, 2.45) is 5.92 Å². The molecule has 0 bridgehead atoms. The van der Waals surface area contributed by atoms with E-state index in [9.17, 15) is 9.90 Å². The van der Waals surface area contributed by atoms with Gasteiger partial charge in [-0.1, -0.05) is 32.0 Å². The number of phenolic OH excluding ortho intramolecular Hbond substituents is 1. The Balaban J connectivity index is 1.68. The highest BCUT2D eigenvalue weighted by molar-refractivity contribution is 5.99. The largest absolute Gasteiger partial charge is 0.507 e. The number of Topliss-reactive ketones (excluding diaryl/α,β-unsaturated/α-hetero) is 1. The molecular weight excluding hydrogens is 402 g/mol. The molecule has 0 atom stereocenters. The van der Waals surface area contributed by atoms with Crippen molar-refractivity contribution in [3.05, 3.63) is 77.4 Å². The van der Waals surface area contributed by atoms with Crippen LogP contribution in [-0.4, -0.2) is 17.5 Å². The van der Waals surface area contributed by atoms with Crippen LogP contribution in [0.4, 0.5) is 11.4 Å². The zero-order valence-corrected chi connectivity index (χ0v) is 19.1. The summed E-state index contributed by atoms with van der Waals surface area (Å²) in [5, 5.41) is 13.9. The van der Waals surface area contributed by atoms with E-state index in [1.54, 1.807) is 19.1 Å². The molecule has 0 aromatic heterocycles. The molecule has 5 nitrogen and oxygen atoms in total. The van der Waals surface area contributed by atoms with Crippen LogP contribution in [0.25, 0.3) is 0 Å². The summed E-state index contributed by atoms with van der Waals surface area (Å²) in [6.45, 7) is 8.66. The third-order valence-corrected chi connectivity index (χ3v) is 5.03. The second-order valence-corrected chi connectivity index (χ2v) is 8.18. The second-order valence-electron chi connectivity index (χ2n) is 8.18. The molecule has 0 unspecified atom stereocenters. The summed E-state index contributed by atoms with van der Waals surface area (Å²) < 4.78 is 11.5. The molecule has 0 amide bonds. The summed E-state index contributed by atoms with van der Waals surface area (Å²) in [4.78, 5) is 12.3. The number of anilines is 2. The third kappa shape index (κ3) is 6.03. The molecular formula is C27H31NO4. The third-order valence-electron chi connectivity index (χ3n) is 5.03. The molecule has 32 heavy (non-hydrogen) atoms. The average molecular weight is 434 g/mol. The van der Waals surface area contributed by atoms with Gasteiger partial charge in [0.1, 0.15) is 23.9 Å². The van der Waals surface area contributed by atoms with Gasteiger partial charge in [-0.15, -0.1) is 0 Å². The number of hydrogen-bond acceptors (Lipinski definition) is 5. The standard InChI is InChI=1S/C27H31NO4/c1-5-31-23-11-7-10-22(16-23)28-21-9-6-8-20(15-21)17-32-26-13-12-24(27(30)19(26)4)25(29)14-18(2)3/h6-13,15-16,18,28,30H,5,14,17H2,1-4H3. The van der Waals surface area contributed by atoms with Crippen LogP contribution in [0.1, 0.15) is 48.7 Å². The van der Waals surface area contributed by atoms with E-state index in [0.717, 1.165) is 22.7 Å². The van der Waals surface area contributed by atoms with Gasteiger partial charge >= 0.3 is 0 Å². The van der Waals surface area contributed by atoms with Crippen LogP contribution in [0, 0.1) is 12.8 Å². The number of ether oxygens (including phenoxy) is 2. The smallest absolute Gasteiger partial charge is 0.166 e. The number of benzene rings is 3. The van der Waals surface area contributed by atoms with Crippen LogP contribution >= 0.6 is 0 Å². The van der Waals surface area contributed by atoms with Crippen LogP contribution in [-0.2, 0) is 6.61 Å². The molecule has 5 heteroatoms. The maximum atomic E-state index is 12.3. The maximum Gasteiger partial charge on any atom is 0.166 e. The number of ketones is 1. The van der Waals surface area contributed by atoms with Gasteiger partial charge in [-0.3, -0.25) is 4.79 Å². The number of aromatic hydroxyl groups is 1. The Labute approximate surface area is 190 Å². The zero-order valence-electron chi connectivity index (χ0n) is 19.1. The van der Waals surface area contributed by atoms with Crippen LogP contribution in [0.2, 0.25) is 0 Å². The predicted molar refractivity (Wildman–Crippen MR) is 128 cm³/mol. The molecule has 0 aliphatic carbocycles. The molecule has 2 N–H and O–H groups in total. The van der Waals surface area contributed by atoms with Gasteiger partial charge in [0.25, 0.3) is 0 Å². The number of rotatable bonds is 10. The first-order valence-corrected chi connectivity index (χ1v) is 10.9. The molecule has 0 saturated heterocycles. The Hall–Kier alpha value is -3.47. The van der Waals surface area contributed by atoms with Crippen molar-refractivity contribution < 1.29 is 19.4 Å². The molecule has 3 rings (SSSR count). The summed E-state index contributed by atoms with van der Waals surface area (Å²) in [5.74, 6) is 1.56. The summed E-state index contributed by atoms with van der Waals surface area (Å²) in [6.07, 6.45) is 0.403. The SMILES string of the molecule is CCOc1cccc(Nc2cccc(COc3ccc(C(=O)CC(C)C)c(O)c3C)c2)c1. The van der Waals surface area contributed by atoms with Gasteiger partial charge < -0.3 is 19.9 Å². The van der Waals surface area contributed by atoms with E-state index in [0.29, 0.717) is 36.5 Å². The fourth-order valence-corrected chi connectivity index (χ4v) is 3.44. The Morgan fingerprint density at radius 3 is 2.44 bits per heavy atom. The lowest BCUT2D eigenvalue weighted by Gasteiger charge is -2.14. The van der Waals surface area contributed by atoms with E-state index < -0.39 is 0 Å². The van der Waals surface area contributed by atoms with E-state index >= 15 is 0 Å². The highest BCUT2D eigenvalue weighted by atomic mass is 16.5. The predicted octanol–water partition coefficient (Wildman–Crippen LogP) is 6.65. The lowest BCUT2D eigenvalue weighted by atomic mass is 9.98. The molecule has 0 aliphatic rings. The van der Waals surface area contributed by atoms with Crippen molar-refractivity contribution in [3.63, 3.8) is 0 Å². The van der Waals surface area contributed by atoms with Crippen LogP contribution in [0.3, 0.4) is 0 Å². The number of phenols is 1. The first kappa shape index (κ1) is 23.2. The maximum absolute atomic E-state index is 12.3. The molecule has 0 fully saturated rings. The minimum absolute atomic E-state index is 0.00209. The Kier molecular flexibility index (Phi) is 7.77. The van der Waals surface area contributed by atoms with Crippen LogP contribution in [0.5, 0.6) is 17.2 Å². The van der Waals surface area contributed by atoms with Gasteiger partial charge in [0.05, 0.1) is 12.2 Å². The molecule has 168 valence electrons. The minimum atomic E-state index is -0.0562. The van der Waals surface area contributed by atoms with Gasteiger partial charge in [-0.25, -0.2) is 0 Å². The van der Waals surface area contributed by atoms with Crippen molar-refractivity contribution in [1.82, 2.24) is 0 Å². The van der Waals surface area contributed by atoms with E-state index in [2.05, 4.69) is 5.32 Å². The molecule has 3 aromatic carbocycles. The Morgan fingerprint density at radius 2 is 1.72 bits per heavy atom. The van der Waals surface area contributed by atoms with Crippen molar-refractivity contribution in [2.75, 3.05) is 11.9 Å². The fraction of sp³-hybridized carbons (Fsp3) is 0.296. The van der Waals surface area contributed by atoms with Crippen LogP contribution in [0.15, 0.2) is 60.7 Å². The first-order valence-electron chi connectivity index (χ1n) is 10.9. The van der Waals surface area contributed by atoms with Gasteiger partial charge in [-0.05, 0) is 61.7 Å². The van der Waals surface area contributed by atoms with Crippen molar-refractivity contribution in [1.29, 1.82) is 0 Å². The molecule has 0 aliphatic heterocycles. The molecule has 0 spiro atoms. The molecule has 0 heterocycles. The number of carbonyl (C=O) groups excluding carboxylic acids is 1. The highest BCUT2D eigenvalue weighted by Crippen LogP contribution is 2.32. The van der Waals surface area contributed by atoms with E-state index in [1.807, 2.05) is 69.3 Å². The number of nitrogens with one attached hydrogen (secondary N) is 1. The lowest BCUT2D eigenvalue weighted by Crippen LogP contribution is -2.05. The van der Waals surface area contributed by atoms with Gasteiger partial charge in [-0.2, -0.15) is 0 Å². The quantitative estimate of drug-likeness (QED) is 0.350. The topological polar surface area (TPSA) is 67.8 Å². The molecule has 0 saturated carbocycles. The summed E-state index contributed by atoms with van der Waals surface area (Å²) in [6, 6.07) is 19.2. The van der Waals surface area contributed by atoms with E-state index in [4.69, 9.17) is 9.47 Å². The first-order chi connectivity index (χ1) is 15.4. The Bertz CT molecular complexity index is 1080. The van der Waals surface area contributed by atoms with Gasteiger partial charge in [0.2, 0.25) is 0 Å². The summed E-state index contributed by atoms with van der Waals surface area (Å²) >= 11 is 0. The average Bonchev–Trinajstić information content (AvgIpc) is 2.75. The lowest BCUT2D eigenvalue weighted by molar-refractivity contribution is 0.0965. The van der Waals surface area contributed by atoms with Gasteiger partial charge in [0, 0.05) is 29.4 Å². The number of hydrogen-bond donors (Lipinski definition) is 2. The molecule has 3 aromatic rings. The molecule has 0 radical (unpaired) electrons. The van der Waals surface area contributed by atoms with Crippen LogP contribution < -0.4 is 14.8 Å². The van der Waals surface area contributed by atoms with Crippen molar-refractivity contribution in [2.45, 2.75) is 40.7 Å². The van der Waals surface area contributed by atoms with E-state index in [1.165, 1.54) is 0 Å². The zero-order chi connectivity index (χ0) is 23.1. The van der Waals surface area contributed by atoms with Crippen molar-refractivity contribution in [3.8, 4) is 17.2 Å². The van der Waals surface area contributed by atoms with E-state index in [-0.39, 0.29) is 17.5 Å². The number of carbonyl (C=O) groups is 1. The summed E-state index contributed by atoms with van der Waals surface area (Å²) in [5.41, 5.74) is 3.78. The Morgan fingerprint density at radius 1 is 1.00 bits per heavy atom. The summed E-state index contributed by atoms with van der Waals surface area (Å²) in [7, 11) is 0. The van der Waals surface area contributed by atoms with Gasteiger partial charge in [0.15, 0.2) is 5.78 Å². The fourth-order valence-electron chi connectivity index (χ4n) is 3.44. The normalized spacial score (nSPS) is 10.8. The highest BCUT2D eigenvalue weighted by Gasteiger charge is 2.17. The van der Waals surface area contributed by atoms with Crippen molar-refractivity contribution >= 4 is 17.2 Å².